The van der Waals surface area contributed by atoms with Gasteiger partial charge in [0.15, 0.2) is 5.82 Å². The molecule has 0 saturated carbocycles. The van der Waals surface area contributed by atoms with E-state index in [0.29, 0.717) is 5.82 Å². The fourth-order valence-corrected chi connectivity index (χ4v) is 3.06. The lowest BCUT2D eigenvalue weighted by Gasteiger charge is -2.14. The topological polar surface area (TPSA) is 64.8 Å². The first kappa shape index (κ1) is 15.0. The summed E-state index contributed by atoms with van der Waals surface area (Å²) in [5.74, 6) is 0.514. The Kier molecular flexibility index (Phi) is 3.88. The summed E-state index contributed by atoms with van der Waals surface area (Å²) >= 11 is 0. The van der Waals surface area contributed by atoms with Crippen LogP contribution in [0.2, 0.25) is 0 Å². The predicted octanol–water partition coefficient (Wildman–Crippen LogP) is 3.07. The normalized spacial score (nSPS) is 12.1. The number of benzene rings is 1. The Morgan fingerprint density at radius 2 is 1.85 bits per heavy atom. The largest absolute Gasteiger partial charge is 0.296 e. The van der Waals surface area contributed by atoms with Crippen molar-refractivity contribution < 1.29 is 8.42 Å². The van der Waals surface area contributed by atoms with Gasteiger partial charge in [0.2, 0.25) is 0 Å². The molecular formula is C13H16ClN3O2S. The highest BCUT2D eigenvalue weighted by Gasteiger charge is 2.25. The Morgan fingerprint density at radius 3 is 2.40 bits per heavy atom. The molecule has 7 heteroatoms. The third-order valence-corrected chi connectivity index (χ3v) is 4.16. The number of aryl methyl sites for hydroxylation is 2. The number of hydrogen-bond donors (Lipinski definition) is 0. The minimum absolute atomic E-state index is 0.122. The van der Waals surface area contributed by atoms with E-state index in [1.165, 1.54) is 0 Å². The zero-order valence-electron chi connectivity index (χ0n) is 11.8. The molecule has 20 heavy (non-hydrogen) atoms. The molecule has 0 amide bonds. The molecule has 0 radical (unpaired) electrons. The van der Waals surface area contributed by atoms with Crippen LogP contribution in [0.4, 0.5) is 0 Å². The van der Waals surface area contributed by atoms with Crippen LogP contribution in [0.15, 0.2) is 23.4 Å². The summed E-state index contributed by atoms with van der Waals surface area (Å²) in [5.41, 5.74) is 2.93. The van der Waals surface area contributed by atoms with E-state index in [0.717, 1.165) is 16.7 Å². The molecule has 0 spiro atoms. The van der Waals surface area contributed by atoms with Crippen molar-refractivity contribution in [2.24, 2.45) is 0 Å². The molecule has 2 rings (SSSR count). The van der Waals surface area contributed by atoms with Crippen molar-refractivity contribution in [2.75, 3.05) is 0 Å². The summed E-state index contributed by atoms with van der Waals surface area (Å²) in [5, 5.41) is 7.56. The van der Waals surface area contributed by atoms with E-state index in [9.17, 15) is 8.42 Å². The molecule has 0 aliphatic heterocycles. The van der Waals surface area contributed by atoms with Gasteiger partial charge >= 0.3 is 0 Å². The lowest BCUT2D eigenvalue weighted by Crippen LogP contribution is -2.10. The average molecular weight is 314 g/mol. The van der Waals surface area contributed by atoms with Crippen molar-refractivity contribution in [3.63, 3.8) is 0 Å². The van der Waals surface area contributed by atoms with Gasteiger partial charge in [-0.25, -0.2) is 8.42 Å². The monoisotopic (exact) mass is 313 g/mol. The second kappa shape index (κ2) is 5.18. The summed E-state index contributed by atoms with van der Waals surface area (Å²) in [4.78, 5) is 0. The quantitative estimate of drug-likeness (QED) is 0.817. The van der Waals surface area contributed by atoms with Crippen LogP contribution in [0.1, 0.15) is 31.0 Å². The maximum absolute atomic E-state index is 11.6. The first-order valence-electron chi connectivity index (χ1n) is 6.19. The SMILES string of the molecule is Cc1ccc(C)c(-c2nnc(S(=O)(=O)Cl)n2C(C)C)c1. The molecular weight excluding hydrogens is 298 g/mol. The molecule has 108 valence electrons. The van der Waals surface area contributed by atoms with Gasteiger partial charge in [-0.3, -0.25) is 4.57 Å². The molecule has 1 aromatic heterocycles. The minimum atomic E-state index is -3.93. The molecule has 0 saturated heterocycles. The van der Waals surface area contributed by atoms with Gasteiger partial charge in [0.05, 0.1) is 0 Å². The second-order valence-corrected chi connectivity index (χ2v) is 7.49. The predicted molar refractivity (Wildman–Crippen MR) is 78.4 cm³/mol. The third-order valence-electron chi connectivity index (χ3n) is 3.03. The molecule has 5 nitrogen and oxygen atoms in total. The van der Waals surface area contributed by atoms with Gasteiger partial charge < -0.3 is 0 Å². The van der Waals surface area contributed by atoms with Crippen molar-refractivity contribution in [1.82, 2.24) is 14.8 Å². The molecule has 0 N–H and O–H groups in total. The molecule has 0 atom stereocenters. The van der Waals surface area contributed by atoms with Gasteiger partial charge in [-0.2, -0.15) is 0 Å². The smallest absolute Gasteiger partial charge is 0.294 e. The Morgan fingerprint density at radius 1 is 1.20 bits per heavy atom. The zero-order chi connectivity index (χ0) is 15.1. The maximum atomic E-state index is 11.6. The summed E-state index contributed by atoms with van der Waals surface area (Å²) in [6, 6.07) is 5.80. The van der Waals surface area contributed by atoms with Gasteiger partial charge in [0, 0.05) is 22.3 Å². The lowest BCUT2D eigenvalue weighted by molar-refractivity contribution is 0.530. The van der Waals surface area contributed by atoms with E-state index in [1.807, 2.05) is 45.9 Å². The lowest BCUT2D eigenvalue weighted by atomic mass is 10.0. The van der Waals surface area contributed by atoms with E-state index >= 15 is 0 Å². The van der Waals surface area contributed by atoms with Gasteiger partial charge in [0.1, 0.15) is 0 Å². The van der Waals surface area contributed by atoms with Crippen molar-refractivity contribution in [2.45, 2.75) is 38.9 Å². The minimum Gasteiger partial charge on any atom is -0.294 e. The fraction of sp³-hybridized carbons (Fsp3) is 0.385. The standard InChI is InChI=1S/C13H16ClN3O2S/c1-8(2)17-12(15-16-13(17)20(14,18)19)11-7-9(3)5-6-10(11)4/h5-8H,1-4H3. The Hall–Kier alpha value is -1.40. The van der Waals surface area contributed by atoms with Crippen molar-refractivity contribution in [3.05, 3.63) is 29.3 Å². The van der Waals surface area contributed by atoms with Gasteiger partial charge in [-0.15, -0.1) is 10.2 Å². The van der Waals surface area contributed by atoms with Crippen LogP contribution in [0.3, 0.4) is 0 Å². The molecule has 1 aromatic carbocycles. The van der Waals surface area contributed by atoms with Gasteiger partial charge in [0.25, 0.3) is 14.2 Å². The molecule has 0 bridgehead atoms. The van der Waals surface area contributed by atoms with E-state index in [-0.39, 0.29) is 11.2 Å². The number of rotatable bonds is 3. The number of aromatic nitrogens is 3. The molecule has 0 unspecified atom stereocenters. The van der Waals surface area contributed by atoms with Crippen molar-refractivity contribution in [3.8, 4) is 11.4 Å². The Labute approximate surface area is 123 Å². The van der Waals surface area contributed by atoms with Crippen LogP contribution in [0.25, 0.3) is 11.4 Å². The summed E-state index contributed by atoms with van der Waals surface area (Å²) in [6.45, 7) is 7.65. The highest BCUT2D eigenvalue weighted by Crippen LogP contribution is 2.28. The zero-order valence-corrected chi connectivity index (χ0v) is 13.3. The van der Waals surface area contributed by atoms with Crippen LogP contribution in [0.5, 0.6) is 0 Å². The van der Waals surface area contributed by atoms with E-state index in [2.05, 4.69) is 10.2 Å². The molecule has 1 heterocycles. The van der Waals surface area contributed by atoms with Crippen molar-refractivity contribution >= 4 is 19.7 Å². The maximum Gasteiger partial charge on any atom is 0.296 e. The number of halogens is 1. The molecule has 0 fully saturated rings. The second-order valence-electron chi connectivity index (χ2n) is 5.03. The summed E-state index contributed by atoms with van der Waals surface area (Å²) in [6.07, 6.45) is 0. The van der Waals surface area contributed by atoms with Gasteiger partial charge in [-0.1, -0.05) is 17.7 Å². The van der Waals surface area contributed by atoms with Crippen molar-refractivity contribution in [1.29, 1.82) is 0 Å². The molecule has 0 aliphatic rings. The molecule has 0 aliphatic carbocycles. The van der Waals surface area contributed by atoms with E-state index < -0.39 is 9.05 Å². The average Bonchev–Trinajstić information content (AvgIpc) is 2.76. The van der Waals surface area contributed by atoms with E-state index in [1.54, 1.807) is 4.57 Å². The summed E-state index contributed by atoms with van der Waals surface area (Å²) in [7, 11) is 1.50. The van der Waals surface area contributed by atoms with Crippen LogP contribution in [-0.2, 0) is 9.05 Å². The highest BCUT2D eigenvalue weighted by atomic mass is 35.7. The highest BCUT2D eigenvalue weighted by molar-refractivity contribution is 8.13. The number of hydrogen-bond acceptors (Lipinski definition) is 4. The first-order chi connectivity index (χ1) is 9.21. The Bertz CT molecular complexity index is 751. The van der Waals surface area contributed by atoms with Crippen LogP contribution in [-0.4, -0.2) is 23.2 Å². The third kappa shape index (κ3) is 2.71. The van der Waals surface area contributed by atoms with Crippen LogP contribution < -0.4 is 0 Å². The Balaban J connectivity index is 2.76. The first-order valence-corrected chi connectivity index (χ1v) is 8.50. The van der Waals surface area contributed by atoms with Crippen LogP contribution >= 0.6 is 10.7 Å². The summed E-state index contributed by atoms with van der Waals surface area (Å²) < 4.78 is 24.7. The number of nitrogens with zero attached hydrogens (tertiary/aromatic N) is 3. The van der Waals surface area contributed by atoms with E-state index in [4.69, 9.17) is 10.7 Å². The molecule has 2 aromatic rings. The van der Waals surface area contributed by atoms with Crippen LogP contribution in [0, 0.1) is 13.8 Å². The van der Waals surface area contributed by atoms with Gasteiger partial charge in [-0.05, 0) is 39.3 Å². The fourth-order valence-electron chi connectivity index (χ4n) is 2.07.